The number of hydrogen-bond donors (Lipinski definition) is 0. The summed E-state index contributed by atoms with van der Waals surface area (Å²) in [7, 11) is 0. The number of Topliss-reactive ketones (excluding diaryl/α,β-unsaturated/α-hetero) is 1. The maximum Gasteiger partial charge on any atom is 0.169 e. The number of benzene rings is 1. The monoisotopic (exact) mass is 239 g/mol. The molecule has 0 saturated heterocycles. The van der Waals surface area contributed by atoms with Crippen LogP contribution in [0, 0.1) is 5.41 Å². The fourth-order valence-electron chi connectivity index (χ4n) is 1.79. The highest BCUT2D eigenvalue weighted by Gasteiger charge is 2.23. The predicted octanol–water partition coefficient (Wildman–Crippen LogP) is 3.98. The lowest BCUT2D eigenvalue weighted by atomic mass is 9.86. The SMILES string of the molecule is CC(C)(C)C(=O)c1cncc(-c2ccccc2)c1. The van der Waals surface area contributed by atoms with E-state index in [0.717, 1.165) is 11.1 Å². The molecule has 1 aromatic carbocycles. The highest BCUT2D eigenvalue weighted by Crippen LogP contribution is 2.24. The average molecular weight is 239 g/mol. The second-order valence-corrected chi connectivity index (χ2v) is 5.41. The molecule has 0 unspecified atom stereocenters. The summed E-state index contributed by atoms with van der Waals surface area (Å²) in [6, 6.07) is 11.9. The number of ketones is 1. The zero-order valence-corrected chi connectivity index (χ0v) is 11.0. The van der Waals surface area contributed by atoms with Crippen molar-refractivity contribution in [1.82, 2.24) is 4.98 Å². The van der Waals surface area contributed by atoms with Gasteiger partial charge in [-0.3, -0.25) is 9.78 Å². The van der Waals surface area contributed by atoms with Crippen LogP contribution in [0.1, 0.15) is 31.1 Å². The van der Waals surface area contributed by atoms with Crippen molar-refractivity contribution in [2.24, 2.45) is 5.41 Å². The summed E-state index contributed by atoms with van der Waals surface area (Å²) in [6.07, 6.45) is 3.43. The first-order valence-corrected chi connectivity index (χ1v) is 6.04. The molecule has 0 aliphatic rings. The summed E-state index contributed by atoms with van der Waals surface area (Å²) in [6.45, 7) is 5.76. The minimum Gasteiger partial charge on any atom is -0.294 e. The molecular formula is C16H17NO. The van der Waals surface area contributed by atoms with Crippen LogP contribution in [0.3, 0.4) is 0 Å². The summed E-state index contributed by atoms with van der Waals surface area (Å²) in [5.74, 6) is 0.118. The van der Waals surface area contributed by atoms with Gasteiger partial charge in [-0.1, -0.05) is 51.1 Å². The van der Waals surface area contributed by atoms with Crippen molar-refractivity contribution in [3.05, 3.63) is 54.4 Å². The van der Waals surface area contributed by atoms with Crippen molar-refractivity contribution < 1.29 is 4.79 Å². The van der Waals surface area contributed by atoms with E-state index in [1.807, 2.05) is 57.2 Å². The molecule has 92 valence electrons. The van der Waals surface area contributed by atoms with Crippen molar-refractivity contribution in [3.63, 3.8) is 0 Å². The third-order valence-electron chi connectivity index (χ3n) is 2.79. The van der Waals surface area contributed by atoms with E-state index < -0.39 is 0 Å². The van der Waals surface area contributed by atoms with E-state index in [-0.39, 0.29) is 11.2 Å². The first-order chi connectivity index (χ1) is 8.48. The molecule has 0 bridgehead atoms. The topological polar surface area (TPSA) is 30.0 Å². The van der Waals surface area contributed by atoms with Gasteiger partial charge in [0, 0.05) is 28.9 Å². The second-order valence-electron chi connectivity index (χ2n) is 5.41. The highest BCUT2D eigenvalue weighted by molar-refractivity contribution is 6.00. The molecule has 0 aliphatic heterocycles. The molecule has 0 spiro atoms. The van der Waals surface area contributed by atoms with Crippen molar-refractivity contribution in [2.45, 2.75) is 20.8 Å². The van der Waals surface area contributed by atoms with E-state index in [9.17, 15) is 4.79 Å². The average Bonchev–Trinajstić information content (AvgIpc) is 2.38. The summed E-state index contributed by atoms with van der Waals surface area (Å²) in [4.78, 5) is 16.4. The van der Waals surface area contributed by atoms with Gasteiger partial charge in [0.25, 0.3) is 0 Å². The molecule has 2 aromatic rings. The number of carbonyl (C=O) groups is 1. The number of pyridine rings is 1. The number of rotatable bonds is 2. The van der Waals surface area contributed by atoms with Gasteiger partial charge in [0.05, 0.1) is 0 Å². The molecule has 0 radical (unpaired) electrons. The van der Waals surface area contributed by atoms with Crippen LogP contribution in [0.15, 0.2) is 48.8 Å². The van der Waals surface area contributed by atoms with Gasteiger partial charge < -0.3 is 0 Å². The van der Waals surface area contributed by atoms with E-state index in [1.165, 1.54) is 0 Å². The fourth-order valence-corrected chi connectivity index (χ4v) is 1.79. The Balaban J connectivity index is 2.41. The van der Waals surface area contributed by atoms with E-state index in [2.05, 4.69) is 4.98 Å². The summed E-state index contributed by atoms with van der Waals surface area (Å²) in [5.41, 5.74) is 2.35. The van der Waals surface area contributed by atoms with Crippen LogP contribution >= 0.6 is 0 Å². The van der Waals surface area contributed by atoms with Crippen LogP contribution in [0.4, 0.5) is 0 Å². The molecule has 0 saturated carbocycles. The predicted molar refractivity (Wildman–Crippen MR) is 73.5 cm³/mol. The fraction of sp³-hybridized carbons (Fsp3) is 0.250. The first kappa shape index (κ1) is 12.5. The Morgan fingerprint density at radius 3 is 2.28 bits per heavy atom. The van der Waals surface area contributed by atoms with Gasteiger partial charge in [0.15, 0.2) is 5.78 Å². The number of carbonyl (C=O) groups excluding carboxylic acids is 1. The van der Waals surface area contributed by atoms with Crippen LogP contribution in [-0.4, -0.2) is 10.8 Å². The van der Waals surface area contributed by atoms with Crippen LogP contribution in [0.2, 0.25) is 0 Å². The molecule has 0 aliphatic carbocycles. The summed E-state index contributed by atoms with van der Waals surface area (Å²) in [5, 5.41) is 0. The van der Waals surface area contributed by atoms with Crippen molar-refractivity contribution in [3.8, 4) is 11.1 Å². The second kappa shape index (κ2) is 4.73. The molecule has 0 fully saturated rings. The largest absolute Gasteiger partial charge is 0.294 e. The van der Waals surface area contributed by atoms with Crippen molar-refractivity contribution in [2.75, 3.05) is 0 Å². The van der Waals surface area contributed by atoms with Gasteiger partial charge in [0.2, 0.25) is 0 Å². The highest BCUT2D eigenvalue weighted by atomic mass is 16.1. The van der Waals surface area contributed by atoms with E-state index >= 15 is 0 Å². The molecule has 18 heavy (non-hydrogen) atoms. The van der Waals surface area contributed by atoms with Crippen molar-refractivity contribution >= 4 is 5.78 Å². The number of aromatic nitrogens is 1. The molecule has 1 heterocycles. The minimum absolute atomic E-state index is 0.118. The molecule has 2 heteroatoms. The van der Waals surface area contributed by atoms with Crippen LogP contribution in [-0.2, 0) is 0 Å². The Morgan fingerprint density at radius 2 is 1.67 bits per heavy atom. The summed E-state index contributed by atoms with van der Waals surface area (Å²) >= 11 is 0. The van der Waals surface area contributed by atoms with Gasteiger partial charge in [0.1, 0.15) is 0 Å². The normalized spacial score (nSPS) is 11.3. The Labute approximate surface area is 108 Å². The lowest BCUT2D eigenvalue weighted by Gasteiger charge is -2.16. The zero-order valence-electron chi connectivity index (χ0n) is 11.0. The number of nitrogens with zero attached hydrogens (tertiary/aromatic N) is 1. The molecule has 0 N–H and O–H groups in total. The van der Waals surface area contributed by atoms with Gasteiger partial charge in [-0.25, -0.2) is 0 Å². The lowest BCUT2D eigenvalue weighted by molar-refractivity contribution is 0.0858. The smallest absolute Gasteiger partial charge is 0.169 e. The standard InChI is InChI=1S/C16H17NO/c1-16(2,3)15(18)14-9-13(10-17-11-14)12-7-5-4-6-8-12/h4-11H,1-3H3. The maximum atomic E-state index is 12.2. The molecule has 2 rings (SSSR count). The molecule has 2 nitrogen and oxygen atoms in total. The molecular weight excluding hydrogens is 222 g/mol. The Kier molecular flexibility index (Phi) is 3.28. The van der Waals surface area contributed by atoms with E-state index in [1.54, 1.807) is 12.4 Å². The quantitative estimate of drug-likeness (QED) is 0.742. The lowest BCUT2D eigenvalue weighted by Crippen LogP contribution is -2.20. The van der Waals surface area contributed by atoms with Crippen LogP contribution < -0.4 is 0 Å². The van der Waals surface area contributed by atoms with Gasteiger partial charge in [-0.2, -0.15) is 0 Å². The van der Waals surface area contributed by atoms with E-state index in [0.29, 0.717) is 5.56 Å². The Hall–Kier alpha value is -1.96. The Bertz CT molecular complexity index is 553. The van der Waals surface area contributed by atoms with Gasteiger partial charge >= 0.3 is 0 Å². The third kappa shape index (κ3) is 2.65. The van der Waals surface area contributed by atoms with E-state index in [4.69, 9.17) is 0 Å². The van der Waals surface area contributed by atoms with Gasteiger partial charge in [-0.05, 0) is 11.6 Å². The zero-order chi connectivity index (χ0) is 13.2. The molecule has 0 amide bonds. The maximum absolute atomic E-state index is 12.2. The van der Waals surface area contributed by atoms with Crippen LogP contribution in [0.25, 0.3) is 11.1 Å². The molecule has 1 aromatic heterocycles. The molecule has 0 atom stereocenters. The third-order valence-corrected chi connectivity index (χ3v) is 2.79. The minimum atomic E-state index is -0.378. The number of hydrogen-bond acceptors (Lipinski definition) is 2. The van der Waals surface area contributed by atoms with Crippen molar-refractivity contribution in [1.29, 1.82) is 0 Å². The first-order valence-electron chi connectivity index (χ1n) is 6.04. The van der Waals surface area contributed by atoms with Gasteiger partial charge in [-0.15, -0.1) is 0 Å². The van der Waals surface area contributed by atoms with Crippen LogP contribution in [0.5, 0.6) is 0 Å². The Morgan fingerprint density at radius 1 is 1.00 bits per heavy atom. The summed E-state index contributed by atoms with van der Waals surface area (Å²) < 4.78 is 0.